The van der Waals surface area contributed by atoms with Crippen LogP contribution >= 0.6 is 11.8 Å². The zero-order valence-electron chi connectivity index (χ0n) is 15.2. The van der Waals surface area contributed by atoms with E-state index >= 15 is 0 Å². The van der Waals surface area contributed by atoms with E-state index in [1.807, 2.05) is 43.5 Å². The smallest absolute Gasteiger partial charge is 0.307 e. The average Bonchev–Trinajstić information content (AvgIpc) is 3.35. The molecule has 0 unspecified atom stereocenters. The summed E-state index contributed by atoms with van der Waals surface area (Å²) < 4.78 is 2.05. The second kappa shape index (κ2) is 7.90. The van der Waals surface area contributed by atoms with Gasteiger partial charge in [0.15, 0.2) is 5.16 Å². The quantitative estimate of drug-likeness (QED) is 0.759. The lowest BCUT2D eigenvalue weighted by atomic mass is 10.1. The summed E-state index contributed by atoms with van der Waals surface area (Å²) in [7, 11) is 0. The van der Waals surface area contributed by atoms with Crippen LogP contribution < -0.4 is 10.6 Å². The summed E-state index contributed by atoms with van der Waals surface area (Å²) in [5.41, 5.74) is 2.76. The van der Waals surface area contributed by atoms with Gasteiger partial charge in [0.25, 0.3) is 0 Å². The summed E-state index contributed by atoms with van der Waals surface area (Å²) in [5, 5.41) is 14.2. The molecule has 8 heteroatoms. The Morgan fingerprint density at radius 2 is 2.04 bits per heavy atom. The van der Waals surface area contributed by atoms with Gasteiger partial charge in [0.1, 0.15) is 5.82 Å². The third-order valence-electron chi connectivity index (χ3n) is 4.22. The monoisotopic (exact) mass is 373 g/mol. The molecule has 3 rings (SSSR count). The fourth-order valence-corrected chi connectivity index (χ4v) is 3.56. The number of hydrogen-bond acceptors (Lipinski definition) is 5. The highest BCUT2D eigenvalue weighted by atomic mass is 32.2. The number of carbonyl (C=O) groups excluding carboxylic acids is 2. The first-order valence-electron chi connectivity index (χ1n) is 8.72. The fraction of sp³-hybridized carbons (Fsp3) is 0.444. The topological polar surface area (TPSA) is 88.9 Å². The lowest BCUT2D eigenvalue weighted by Crippen LogP contribution is -2.35. The number of anilines is 1. The van der Waals surface area contributed by atoms with Gasteiger partial charge in [-0.3, -0.25) is 10.1 Å². The number of rotatable bonds is 6. The van der Waals surface area contributed by atoms with Gasteiger partial charge in [0, 0.05) is 18.2 Å². The number of aromatic nitrogens is 3. The van der Waals surface area contributed by atoms with E-state index in [-0.39, 0.29) is 11.7 Å². The van der Waals surface area contributed by atoms with E-state index in [9.17, 15) is 9.59 Å². The van der Waals surface area contributed by atoms with Crippen LogP contribution in [-0.4, -0.2) is 32.5 Å². The summed E-state index contributed by atoms with van der Waals surface area (Å²) in [6.07, 6.45) is 2.31. The van der Waals surface area contributed by atoms with E-state index in [1.54, 1.807) is 0 Å². The number of urea groups is 1. The molecule has 0 aliphatic heterocycles. The van der Waals surface area contributed by atoms with Crippen LogP contribution in [0.3, 0.4) is 0 Å². The van der Waals surface area contributed by atoms with Crippen LogP contribution in [0.5, 0.6) is 0 Å². The minimum Gasteiger partial charge on any atom is -0.307 e. The zero-order chi connectivity index (χ0) is 18.7. The average molecular weight is 373 g/mol. The molecule has 0 bridgehead atoms. The SMILES string of the molecule is CCn1c(SCC(=O)NC(=O)Nc2ccc(C)cc2C)nnc1C1CC1. The number of nitrogens with one attached hydrogen (secondary N) is 2. The highest BCUT2D eigenvalue weighted by Crippen LogP contribution is 2.39. The Hall–Kier alpha value is -2.35. The van der Waals surface area contributed by atoms with Gasteiger partial charge in [0.05, 0.1) is 5.75 Å². The Morgan fingerprint density at radius 3 is 2.69 bits per heavy atom. The number of imide groups is 1. The first-order valence-corrected chi connectivity index (χ1v) is 9.70. The van der Waals surface area contributed by atoms with E-state index < -0.39 is 6.03 Å². The minimum atomic E-state index is -0.529. The number of carbonyl (C=O) groups is 2. The van der Waals surface area contributed by atoms with Crippen molar-refractivity contribution in [3.8, 4) is 0 Å². The number of hydrogen-bond donors (Lipinski definition) is 2. The molecule has 2 N–H and O–H groups in total. The van der Waals surface area contributed by atoms with Crippen molar-refractivity contribution in [2.75, 3.05) is 11.1 Å². The Kier molecular flexibility index (Phi) is 5.61. The van der Waals surface area contributed by atoms with Crippen LogP contribution in [0.25, 0.3) is 0 Å². The van der Waals surface area contributed by atoms with Crippen LogP contribution in [-0.2, 0) is 11.3 Å². The molecule has 1 aliphatic carbocycles. The van der Waals surface area contributed by atoms with Gasteiger partial charge < -0.3 is 9.88 Å². The molecule has 138 valence electrons. The molecule has 2 aromatic rings. The summed E-state index contributed by atoms with van der Waals surface area (Å²) in [5.74, 6) is 1.26. The van der Waals surface area contributed by atoms with E-state index in [4.69, 9.17) is 0 Å². The summed E-state index contributed by atoms with van der Waals surface area (Å²) in [6.45, 7) is 6.71. The maximum absolute atomic E-state index is 12.1. The van der Waals surface area contributed by atoms with E-state index in [2.05, 4.69) is 20.8 Å². The molecule has 1 aromatic carbocycles. The lowest BCUT2D eigenvalue weighted by Gasteiger charge is -2.10. The van der Waals surface area contributed by atoms with Gasteiger partial charge in [-0.05, 0) is 45.2 Å². The number of amides is 3. The highest BCUT2D eigenvalue weighted by molar-refractivity contribution is 7.99. The third-order valence-corrected chi connectivity index (χ3v) is 5.19. The van der Waals surface area contributed by atoms with E-state index in [0.717, 1.165) is 41.5 Å². The Labute approximate surface area is 157 Å². The third kappa shape index (κ3) is 4.43. The molecule has 0 radical (unpaired) electrons. The standard InChI is InChI=1S/C18H23N5O2S/c1-4-23-16(13-6-7-13)21-22-18(23)26-10-15(24)20-17(25)19-14-8-5-11(2)9-12(14)3/h5,8-9,13H,4,6-7,10H2,1-3H3,(H2,19,20,24,25). The molecular weight excluding hydrogens is 350 g/mol. The predicted octanol–water partition coefficient (Wildman–Crippen LogP) is 3.23. The maximum atomic E-state index is 12.1. The van der Waals surface area contributed by atoms with Crippen molar-refractivity contribution in [1.82, 2.24) is 20.1 Å². The molecule has 1 heterocycles. The molecule has 1 fully saturated rings. The number of nitrogens with zero attached hydrogens (tertiary/aromatic N) is 3. The fourth-order valence-electron chi connectivity index (χ4n) is 2.75. The molecule has 0 spiro atoms. The first-order chi connectivity index (χ1) is 12.5. The minimum absolute atomic E-state index is 0.114. The lowest BCUT2D eigenvalue weighted by molar-refractivity contribution is -0.117. The van der Waals surface area contributed by atoms with Crippen molar-refractivity contribution < 1.29 is 9.59 Å². The van der Waals surface area contributed by atoms with Crippen LogP contribution in [0, 0.1) is 13.8 Å². The van der Waals surface area contributed by atoms with Crippen molar-refractivity contribution in [2.45, 2.75) is 51.2 Å². The summed E-state index contributed by atoms with van der Waals surface area (Å²) in [4.78, 5) is 24.1. The highest BCUT2D eigenvalue weighted by Gasteiger charge is 2.30. The Morgan fingerprint density at radius 1 is 1.27 bits per heavy atom. The molecule has 0 saturated heterocycles. The van der Waals surface area contributed by atoms with Gasteiger partial charge in [0.2, 0.25) is 5.91 Å². The maximum Gasteiger partial charge on any atom is 0.325 e. The van der Waals surface area contributed by atoms with Crippen LogP contribution in [0.4, 0.5) is 10.5 Å². The van der Waals surface area contributed by atoms with Gasteiger partial charge in [-0.15, -0.1) is 10.2 Å². The Balaban J connectivity index is 1.51. The first kappa shape index (κ1) is 18.4. The normalized spacial score (nSPS) is 13.5. The van der Waals surface area contributed by atoms with Crippen LogP contribution in [0.15, 0.2) is 23.4 Å². The zero-order valence-corrected chi connectivity index (χ0v) is 16.0. The molecule has 1 saturated carbocycles. The van der Waals surface area contributed by atoms with Gasteiger partial charge in [-0.25, -0.2) is 4.79 Å². The largest absolute Gasteiger partial charge is 0.325 e. The van der Waals surface area contributed by atoms with E-state index in [1.165, 1.54) is 11.8 Å². The van der Waals surface area contributed by atoms with Crippen molar-refractivity contribution in [1.29, 1.82) is 0 Å². The van der Waals surface area contributed by atoms with Crippen LogP contribution in [0.1, 0.15) is 42.6 Å². The molecule has 1 aliphatic rings. The van der Waals surface area contributed by atoms with Crippen molar-refractivity contribution in [3.63, 3.8) is 0 Å². The van der Waals surface area contributed by atoms with Gasteiger partial charge in [-0.1, -0.05) is 29.5 Å². The number of aryl methyl sites for hydroxylation is 2. The molecule has 0 atom stereocenters. The van der Waals surface area contributed by atoms with Gasteiger partial charge in [-0.2, -0.15) is 0 Å². The number of thioether (sulfide) groups is 1. The van der Waals surface area contributed by atoms with Crippen molar-refractivity contribution in [2.24, 2.45) is 0 Å². The Bertz CT molecular complexity index is 829. The molecule has 3 amide bonds. The predicted molar refractivity (Wildman–Crippen MR) is 101 cm³/mol. The number of benzene rings is 1. The summed E-state index contributed by atoms with van der Waals surface area (Å²) >= 11 is 1.30. The van der Waals surface area contributed by atoms with Crippen LogP contribution in [0.2, 0.25) is 0 Å². The molecule has 26 heavy (non-hydrogen) atoms. The second-order valence-corrected chi connectivity index (χ2v) is 7.41. The molecular formula is C18H23N5O2S. The van der Waals surface area contributed by atoms with Crippen molar-refractivity contribution in [3.05, 3.63) is 35.2 Å². The van der Waals surface area contributed by atoms with Crippen molar-refractivity contribution >= 4 is 29.4 Å². The van der Waals surface area contributed by atoms with Gasteiger partial charge >= 0.3 is 6.03 Å². The molecule has 1 aromatic heterocycles. The molecule has 7 nitrogen and oxygen atoms in total. The second-order valence-electron chi connectivity index (χ2n) is 6.47. The van der Waals surface area contributed by atoms with E-state index in [0.29, 0.717) is 11.6 Å². The summed E-state index contributed by atoms with van der Waals surface area (Å²) in [6, 6.07) is 5.18.